The number of pyridine rings is 1. The maximum atomic E-state index is 12.4. The molecule has 0 bridgehead atoms. The Morgan fingerprint density at radius 1 is 1.61 bits per heavy atom. The monoisotopic (exact) mass is 246 g/mol. The number of hydrogen-bond acceptors (Lipinski definition) is 3. The van der Waals surface area contributed by atoms with Crippen LogP contribution in [0.2, 0.25) is 0 Å². The zero-order valence-corrected chi connectivity index (χ0v) is 11.3. The molecule has 2 atom stereocenters. The number of ketones is 1. The lowest BCUT2D eigenvalue weighted by Gasteiger charge is -2.24. The van der Waals surface area contributed by atoms with Gasteiger partial charge in [-0.3, -0.25) is 9.78 Å². The van der Waals surface area contributed by atoms with E-state index in [0.717, 1.165) is 31.5 Å². The zero-order valence-electron chi connectivity index (χ0n) is 11.3. The van der Waals surface area contributed by atoms with E-state index in [1.165, 1.54) is 5.56 Å². The van der Waals surface area contributed by atoms with Crippen LogP contribution in [0.3, 0.4) is 0 Å². The molecule has 1 aliphatic rings. The topological polar surface area (TPSA) is 42.0 Å². The maximum Gasteiger partial charge on any atom is 0.143 e. The van der Waals surface area contributed by atoms with E-state index in [-0.39, 0.29) is 12.0 Å². The first kappa shape index (κ1) is 13.2. The SMILES string of the molecule is CCNC(C)CC(=O)C1CCCc2cccnc21. The highest BCUT2D eigenvalue weighted by Crippen LogP contribution is 2.31. The summed E-state index contributed by atoms with van der Waals surface area (Å²) in [6, 6.07) is 4.33. The minimum atomic E-state index is 0.0241. The smallest absolute Gasteiger partial charge is 0.143 e. The predicted octanol–water partition coefficient (Wildman–Crippen LogP) is 2.46. The number of nitrogens with one attached hydrogen (secondary N) is 1. The lowest BCUT2D eigenvalue weighted by atomic mass is 9.82. The molecule has 1 heterocycles. The molecule has 2 unspecified atom stereocenters. The second kappa shape index (κ2) is 6.10. The first-order chi connectivity index (χ1) is 8.72. The van der Waals surface area contributed by atoms with Crippen molar-refractivity contribution < 1.29 is 4.79 Å². The minimum Gasteiger partial charge on any atom is -0.314 e. The van der Waals surface area contributed by atoms with E-state index in [0.29, 0.717) is 12.2 Å². The summed E-state index contributed by atoms with van der Waals surface area (Å²) in [4.78, 5) is 16.8. The van der Waals surface area contributed by atoms with Crippen molar-refractivity contribution >= 4 is 5.78 Å². The number of hydrogen-bond donors (Lipinski definition) is 1. The summed E-state index contributed by atoms with van der Waals surface area (Å²) in [6.07, 6.45) is 5.54. The highest BCUT2D eigenvalue weighted by Gasteiger charge is 2.27. The van der Waals surface area contributed by atoms with Gasteiger partial charge < -0.3 is 5.32 Å². The Bertz CT molecular complexity index is 417. The molecule has 98 valence electrons. The molecule has 1 aliphatic carbocycles. The summed E-state index contributed by atoms with van der Waals surface area (Å²) in [5, 5.41) is 3.30. The van der Waals surface area contributed by atoms with Crippen LogP contribution in [0.1, 0.15) is 50.3 Å². The van der Waals surface area contributed by atoms with Crippen LogP contribution in [0.5, 0.6) is 0 Å². The molecule has 3 nitrogen and oxygen atoms in total. The third kappa shape index (κ3) is 2.96. The molecule has 18 heavy (non-hydrogen) atoms. The van der Waals surface area contributed by atoms with Gasteiger partial charge in [-0.2, -0.15) is 0 Å². The Kier molecular flexibility index (Phi) is 4.48. The Hall–Kier alpha value is -1.22. The molecule has 0 fully saturated rings. The van der Waals surface area contributed by atoms with Gasteiger partial charge in [-0.1, -0.05) is 13.0 Å². The van der Waals surface area contributed by atoms with Crippen molar-refractivity contribution in [1.29, 1.82) is 0 Å². The van der Waals surface area contributed by atoms with Gasteiger partial charge in [0.2, 0.25) is 0 Å². The van der Waals surface area contributed by atoms with Gasteiger partial charge in [-0.05, 0) is 44.4 Å². The van der Waals surface area contributed by atoms with Crippen LogP contribution in [-0.4, -0.2) is 23.4 Å². The molecule has 1 aromatic rings. The van der Waals surface area contributed by atoms with Crippen molar-refractivity contribution in [3.05, 3.63) is 29.6 Å². The quantitative estimate of drug-likeness (QED) is 0.867. The minimum absolute atomic E-state index is 0.0241. The van der Waals surface area contributed by atoms with E-state index in [1.807, 2.05) is 6.07 Å². The van der Waals surface area contributed by atoms with E-state index >= 15 is 0 Å². The molecule has 3 heteroatoms. The first-order valence-electron chi connectivity index (χ1n) is 6.92. The van der Waals surface area contributed by atoms with Crippen LogP contribution in [0.4, 0.5) is 0 Å². The largest absolute Gasteiger partial charge is 0.314 e. The lowest BCUT2D eigenvalue weighted by molar-refractivity contribution is -0.121. The molecule has 0 saturated heterocycles. The van der Waals surface area contributed by atoms with Gasteiger partial charge in [0.05, 0.1) is 11.6 Å². The molecule has 0 saturated carbocycles. The van der Waals surface area contributed by atoms with Crippen LogP contribution < -0.4 is 5.32 Å². The highest BCUT2D eigenvalue weighted by molar-refractivity contribution is 5.86. The van der Waals surface area contributed by atoms with Crippen molar-refractivity contribution in [3.8, 4) is 0 Å². The zero-order chi connectivity index (χ0) is 13.0. The van der Waals surface area contributed by atoms with Crippen LogP contribution >= 0.6 is 0 Å². The third-order valence-electron chi connectivity index (χ3n) is 3.64. The summed E-state index contributed by atoms with van der Waals surface area (Å²) in [5.74, 6) is 0.360. The average molecular weight is 246 g/mol. The van der Waals surface area contributed by atoms with Crippen LogP contribution in [0.15, 0.2) is 18.3 Å². The Morgan fingerprint density at radius 2 is 2.44 bits per heavy atom. The van der Waals surface area contributed by atoms with Gasteiger partial charge in [0, 0.05) is 18.7 Å². The number of fused-ring (bicyclic) bond motifs is 1. The first-order valence-corrected chi connectivity index (χ1v) is 6.92. The van der Waals surface area contributed by atoms with E-state index in [9.17, 15) is 4.79 Å². The number of aromatic nitrogens is 1. The van der Waals surface area contributed by atoms with E-state index < -0.39 is 0 Å². The van der Waals surface area contributed by atoms with E-state index in [4.69, 9.17) is 0 Å². The van der Waals surface area contributed by atoms with Gasteiger partial charge in [0.15, 0.2) is 0 Å². The molecular formula is C15H22N2O. The van der Waals surface area contributed by atoms with Crippen molar-refractivity contribution in [2.24, 2.45) is 0 Å². The third-order valence-corrected chi connectivity index (χ3v) is 3.64. The fourth-order valence-corrected chi connectivity index (χ4v) is 2.79. The predicted molar refractivity (Wildman–Crippen MR) is 72.7 cm³/mol. The van der Waals surface area contributed by atoms with Crippen molar-refractivity contribution in [3.63, 3.8) is 0 Å². The molecule has 2 rings (SSSR count). The summed E-state index contributed by atoms with van der Waals surface area (Å²) >= 11 is 0. The standard InChI is InChI=1S/C15H22N2O/c1-3-16-11(2)10-14(18)13-8-4-6-12-7-5-9-17-15(12)13/h5,7,9,11,13,16H,3-4,6,8,10H2,1-2H3. The Balaban J connectivity index is 2.08. The number of carbonyl (C=O) groups excluding carboxylic acids is 1. The number of rotatable bonds is 5. The summed E-state index contributed by atoms with van der Waals surface area (Å²) in [7, 11) is 0. The molecule has 0 aromatic carbocycles. The molecule has 0 spiro atoms. The number of aryl methyl sites for hydroxylation is 1. The normalized spacial score (nSPS) is 20.2. The van der Waals surface area contributed by atoms with Crippen molar-refractivity contribution in [2.75, 3.05) is 6.54 Å². The van der Waals surface area contributed by atoms with E-state index in [1.54, 1.807) is 6.20 Å². The number of Topliss-reactive ketones (excluding diaryl/α,β-unsaturated/α-hetero) is 1. The average Bonchev–Trinajstić information content (AvgIpc) is 2.38. The Morgan fingerprint density at radius 3 is 3.22 bits per heavy atom. The lowest BCUT2D eigenvalue weighted by Crippen LogP contribution is -2.31. The number of carbonyl (C=O) groups is 1. The van der Waals surface area contributed by atoms with Crippen LogP contribution in [0, 0.1) is 0 Å². The summed E-state index contributed by atoms with van der Waals surface area (Å²) in [5.41, 5.74) is 2.29. The van der Waals surface area contributed by atoms with Gasteiger partial charge in [0.25, 0.3) is 0 Å². The second-order valence-electron chi connectivity index (χ2n) is 5.12. The number of nitrogens with zero attached hydrogens (tertiary/aromatic N) is 1. The van der Waals surface area contributed by atoms with Crippen molar-refractivity contribution in [2.45, 2.75) is 51.5 Å². The highest BCUT2D eigenvalue weighted by atomic mass is 16.1. The molecule has 1 N–H and O–H groups in total. The van der Waals surface area contributed by atoms with E-state index in [2.05, 4.69) is 30.2 Å². The van der Waals surface area contributed by atoms with Gasteiger partial charge in [-0.15, -0.1) is 0 Å². The second-order valence-corrected chi connectivity index (χ2v) is 5.12. The van der Waals surface area contributed by atoms with Crippen LogP contribution in [0.25, 0.3) is 0 Å². The van der Waals surface area contributed by atoms with Crippen molar-refractivity contribution in [1.82, 2.24) is 10.3 Å². The van der Waals surface area contributed by atoms with Gasteiger partial charge >= 0.3 is 0 Å². The van der Waals surface area contributed by atoms with Gasteiger partial charge in [-0.25, -0.2) is 0 Å². The Labute approximate surface area is 109 Å². The summed E-state index contributed by atoms with van der Waals surface area (Å²) < 4.78 is 0. The fraction of sp³-hybridized carbons (Fsp3) is 0.600. The van der Waals surface area contributed by atoms with Crippen LogP contribution in [-0.2, 0) is 11.2 Å². The molecular weight excluding hydrogens is 224 g/mol. The summed E-state index contributed by atoms with van der Waals surface area (Å²) in [6.45, 7) is 5.05. The van der Waals surface area contributed by atoms with Gasteiger partial charge in [0.1, 0.15) is 5.78 Å². The molecule has 0 radical (unpaired) electrons. The maximum absolute atomic E-state index is 12.4. The molecule has 0 aliphatic heterocycles. The molecule has 0 amide bonds. The fourth-order valence-electron chi connectivity index (χ4n) is 2.79. The molecule has 1 aromatic heterocycles.